The Morgan fingerprint density at radius 1 is 0.524 bits per heavy atom. The Morgan fingerprint density at radius 3 is 2.08 bits per heavy atom. The highest BCUT2D eigenvalue weighted by atomic mass is 16.3. The van der Waals surface area contributed by atoms with Gasteiger partial charge in [0.1, 0.15) is 11.2 Å². The number of anilines is 2. The summed E-state index contributed by atoms with van der Waals surface area (Å²) in [5.41, 5.74) is 19.9. The fourth-order valence-electron chi connectivity index (χ4n) is 10.6. The van der Waals surface area contributed by atoms with Crippen molar-refractivity contribution in [3.05, 3.63) is 229 Å². The molecular weight excluding hydrogens is 765 g/mol. The van der Waals surface area contributed by atoms with Crippen LogP contribution in [0.3, 0.4) is 0 Å². The Hall–Kier alpha value is -7.88. The van der Waals surface area contributed by atoms with Gasteiger partial charge in [0.2, 0.25) is 0 Å². The molecule has 10 aromatic rings. The number of allylic oxidation sites excluding steroid dienone is 6. The number of rotatable bonds is 6. The van der Waals surface area contributed by atoms with Gasteiger partial charge in [-0.2, -0.15) is 0 Å². The molecule has 0 saturated heterocycles. The van der Waals surface area contributed by atoms with E-state index in [1.165, 1.54) is 71.9 Å². The molecule has 13 rings (SSSR count). The molecule has 0 bridgehead atoms. The van der Waals surface area contributed by atoms with Crippen LogP contribution in [0.5, 0.6) is 0 Å². The van der Waals surface area contributed by atoms with E-state index in [0.29, 0.717) is 0 Å². The molecule has 3 nitrogen and oxygen atoms in total. The fourth-order valence-corrected chi connectivity index (χ4v) is 10.6. The van der Waals surface area contributed by atoms with E-state index >= 15 is 0 Å². The third kappa shape index (κ3) is 5.73. The molecule has 0 saturated carbocycles. The third-order valence-corrected chi connectivity index (χ3v) is 13.5. The second-order valence-corrected chi connectivity index (χ2v) is 17.1. The largest absolute Gasteiger partial charge is 0.455 e. The van der Waals surface area contributed by atoms with Gasteiger partial charge in [-0.1, -0.05) is 164 Å². The molecular formula is C60H42N2O. The Labute approximate surface area is 366 Å². The van der Waals surface area contributed by atoms with E-state index < -0.39 is 0 Å². The number of nitrogens with zero attached hydrogens (tertiary/aromatic N) is 2. The predicted molar refractivity (Wildman–Crippen MR) is 264 cm³/mol. The number of para-hydroxylation sites is 3. The minimum Gasteiger partial charge on any atom is -0.455 e. The lowest BCUT2D eigenvalue weighted by Gasteiger charge is -2.36. The number of hydrogen-bond donors (Lipinski definition) is 0. The minimum absolute atomic E-state index is 0.0245. The van der Waals surface area contributed by atoms with Crippen LogP contribution in [0.1, 0.15) is 24.8 Å². The summed E-state index contributed by atoms with van der Waals surface area (Å²) in [5, 5.41) is 4.76. The number of benzene rings is 8. The molecule has 8 aromatic carbocycles. The molecule has 2 aromatic heterocycles. The Balaban J connectivity index is 1.07. The van der Waals surface area contributed by atoms with E-state index in [1.54, 1.807) is 0 Å². The number of fused-ring (bicyclic) bond motifs is 12. The summed E-state index contributed by atoms with van der Waals surface area (Å²) in [7, 11) is 0. The molecule has 0 N–H and O–H groups in total. The second kappa shape index (κ2) is 14.4. The van der Waals surface area contributed by atoms with Crippen molar-refractivity contribution in [2.24, 2.45) is 0 Å². The van der Waals surface area contributed by atoms with Gasteiger partial charge in [-0.25, -0.2) is 0 Å². The highest BCUT2D eigenvalue weighted by Crippen LogP contribution is 2.51. The van der Waals surface area contributed by atoms with Gasteiger partial charge in [0, 0.05) is 49.6 Å². The maximum Gasteiger partial charge on any atom is 0.143 e. The van der Waals surface area contributed by atoms with E-state index in [9.17, 15) is 0 Å². The van der Waals surface area contributed by atoms with Crippen molar-refractivity contribution in [2.45, 2.75) is 25.3 Å². The summed E-state index contributed by atoms with van der Waals surface area (Å²) in [6.45, 7) is 0. The van der Waals surface area contributed by atoms with Crippen LogP contribution in [0.4, 0.5) is 11.4 Å². The van der Waals surface area contributed by atoms with Crippen molar-refractivity contribution >= 4 is 60.7 Å². The smallest absolute Gasteiger partial charge is 0.143 e. The van der Waals surface area contributed by atoms with E-state index in [1.807, 2.05) is 0 Å². The topological polar surface area (TPSA) is 21.3 Å². The zero-order valence-corrected chi connectivity index (χ0v) is 34.7. The van der Waals surface area contributed by atoms with Crippen LogP contribution >= 0.6 is 0 Å². The van der Waals surface area contributed by atoms with E-state index in [-0.39, 0.29) is 6.04 Å². The zero-order chi connectivity index (χ0) is 41.4. The van der Waals surface area contributed by atoms with Crippen molar-refractivity contribution in [2.75, 3.05) is 4.90 Å². The first-order chi connectivity index (χ1) is 31.2. The SMILES string of the molecule is C1=CC(C2=CC(N(c3ccc(-c4ccccc4)cc3)c3ccc4c(c3)-c3ccc5c(oc6ccccc65)c3-c3cccc5c6ccccc6n-4c35)CC(c3ccccc3)=C2)=CCC1. The van der Waals surface area contributed by atoms with E-state index in [0.717, 1.165) is 63.8 Å². The molecule has 0 spiro atoms. The zero-order valence-electron chi connectivity index (χ0n) is 34.7. The summed E-state index contributed by atoms with van der Waals surface area (Å²) in [6, 6.07) is 66.7. The van der Waals surface area contributed by atoms with Gasteiger partial charge in [-0.15, -0.1) is 0 Å². The number of aromatic nitrogens is 1. The van der Waals surface area contributed by atoms with Crippen LogP contribution in [-0.4, -0.2) is 10.6 Å². The summed E-state index contributed by atoms with van der Waals surface area (Å²) in [4.78, 5) is 2.58. The van der Waals surface area contributed by atoms with Crippen molar-refractivity contribution in [3.63, 3.8) is 0 Å². The molecule has 1 atom stereocenters. The van der Waals surface area contributed by atoms with Gasteiger partial charge in [0.25, 0.3) is 0 Å². The van der Waals surface area contributed by atoms with Crippen LogP contribution in [0.15, 0.2) is 228 Å². The average molecular weight is 807 g/mol. The Morgan fingerprint density at radius 2 is 1.25 bits per heavy atom. The molecule has 3 heterocycles. The molecule has 63 heavy (non-hydrogen) atoms. The monoisotopic (exact) mass is 806 g/mol. The van der Waals surface area contributed by atoms with Crippen LogP contribution < -0.4 is 4.90 Å². The third-order valence-electron chi connectivity index (χ3n) is 13.5. The molecule has 1 unspecified atom stereocenters. The van der Waals surface area contributed by atoms with Gasteiger partial charge in [0.15, 0.2) is 0 Å². The van der Waals surface area contributed by atoms with E-state index in [2.05, 4.69) is 222 Å². The highest BCUT2D eigenvalue weighted by Gasteiger charge is 2.31. The van der Waals surface area contributed by atoms with Crippen molar-refractivity contribution in [1.29, 1.82) is 0 Å². The lowest BCUT2D eigenvalue weighted by Crippen LogP contribution is -2.31. The Bertz CT molecular complexity index is 3580. The van der Waals surface area contributed by atoms with Crippen molar-refractivity contribution < 1.29 is 4.42 Å². The lowest BCUT2D eigenvalue weighted by atomic mass is 9.85. The average Bonchev–Trinajstić information content (AvgIpc) is 3.87. The molecule has 2 aliphatic carbocycles. The maximum atomic E-state index is 6.91. The molecule has 0 amide bonds. The van der Waals surface area contributed by atoms with Gasteiger partial charge in [-0.3, -0.25) is 0 Å². The summed E-state index contributed by atoms with van der Waals surface area (Å²) < 4.78 is 9.41. The summed E-state index contributed by atoms with van der Waals surface area (Å²) >= 11 is 0. The maximum absolute atomic E-state index is 6.91. The van der Waals surface area contributed by atoms with Crippen LogP contribution in [-0.2, 0) is 0 Å². The molecule has 0 radical (unpaired) electrons. The van der Waals surface area contributed by atoms with Crippen molar-refractivity contribution in [3.8, 4) is 39.1 Å². The van der Waals surface area contributed by atoms with Crippen LogP contribution in [0.2, 0.25) is 0 Å². The van der Waals surface area contributed by atoms with Gasteiger partial charge in [-0.05, 0) is 107 Å². The standard InChI is InChI=1S/C60H42N2O/c1-4-15-39(16-5-1)42-27-29-45(30-28-42)61(47-36-43(40-17-6-2-7-18-40)35-44(37-47)41-19-8-3-9-20-41)46-31-34-56-54(38-46)50-32-33-52-49-22-11-13-26-57(49)63-60(52)58(50)53-24-14-23-51-48-21-10-12-25-55(48)62(56)59(51)53/h1-2,4-8,10-35,37-38,47H,3,9,36H2. The molecule has 0 fully saturated rings. The molecule has 3 aliphatic rings. The van der Waals surface area contributed by atoms with Gasteiger partial charge < -0.3 is 13.9 Å². The molecule has 298 valence electrons. The minimum atomic E-state index is 0.0245. The van der Waals surface area contributed by atoms with Crippen molar-refractivity contribution in [1.82, 2.24) is 4.57 Å². The quantitative estimate of drug-likeness (QED) is 0.167. The predicted octanol–water partition coefficient (Wildman–Crippen LogP) is 16.2. The first-order valence-corrected chi connectivity index (χ1v) is 22.2. The van der Waals surface area contributed by atoms with Gasteiger partial charge in [0.05, 0.1) is 22.8 Å². The first kappa shape index (κ1) is 35.8. The molecule has 1 aliphatic heterocycles. The second-order valence-electron chi connectivity index (χ2n) is 17.1. The number of furan rings is 1. The number of hydrogen-bond acceptors (Lipinski definition) is 2. The van der Waals surface area contributed by atoms with Crippen LogP contribution in [0.25, 0.3) is 88.4 Å². The Kier molecular flexibility index (Phi) is 8.17. The highest BCUT2D eigenvalue weighted by molar-refractivity contribution is 6.21. The van der Waals surface area contributed by atoms with Crippen LogP contribution in [0, 0.1) is 0 Å². The van der Waals surface area contributed by atoms with Gasteiger partial charge >= 0.3 is 0 Å². The van der Waals surface area contributed by atoms with E-state index in [4.69, 9.17) is 4.42 Å². The summed E-state index contributed by atoms with van der Waals surface area (Å²) in [5.74, 6) is 0. The normalized spacial score (nSPS) is 15.5. The lowest BCUT2D eigenvalue weighted by molar-refractivity contribution is 0.670. The fraction of sp³-hybridized carbons (Fsp3) is 0.0667. The molecule has 3 heteroatoms. The summed E-state index contributed by atoms with van der Waals surface area (Å²) in [6.07, 6.45) is 15.0. The first-order valence-electron chi connectivity index (χ1n) is 22.2.